The van der Waals surface area contributed by atoms with E-state index in [4.69, 9.17) is 17.0 Å². The highest BCUT2D eigenvalue weighted by atomic mass is 32.2. The Morgan fingerprint density at radius 1 is 1.62 bits per heavy atom. The minimum Gasteiger partial charge on any atom is -0.463 e. The van der Waals surface area contributed by atoms with Gasteiger partial charge in [0.25, 0.3) is 5.91 Å². The number of hydrogen-bond donors (Lipinski definition) is 0. The Morgan fingerprint density at radius 2 is 2.25 bits per heavy atom. The van der Waals surface area contributed by atoms with Crippen LogP contribution in [-0.2, 0) is 14.3 Å². The molecule has 0 aromatic rings. The topological polar surface area (TPSA) is 49.9 Å². The molecule has 0 saturated carbocycles. The van der Waals surface area contributed by atoms with Gasteiger partial charge in [-0.15, -0.1) is 0 Å². The Balaban J connectivity index is 2.84. The Labute approximate surface area is 103 Å². The van der Waals surface area contributed by atoms with E-state index in [0.29, 0.717) is 4.32 Å². The van der Waals surface area contributed by atoms with E-state index in [1.165, 1.54) is 11.1 Å². The van der Waals surface area contributed by atoms with Gasteiger partial charge in [-0.2, -0.15) is 0 Å². The molecule has 0 aromatic heterocycles. The Kier molecular flexibility index (Phi) is 4.45. The van der Waals surface area contributed by atoms with Gasteiger partial charge in [0.15, 0.2) is 4.32 Å². The molecule has 0 atom stereocenters. The van der Waals surface area contributed by atoms with Crippen molar-refractivity contribution in [3.63, 3.8) is 0 Å². The van der Waals surface area contributed by atoms with Crippen molar-refractivity contribution >= 4 is 40.2 Å². The van der Waals surface area contributed by atoms with Crippen LogP contribution in [0.4, 0.5) is 0 Å². The highest BCUT2D eigenvalue weighted by Gasteiger charge is 2.34. The maximum absolute atomic E-state index is 11.8. The molecule has 0 radical (unpaired) electrons. The molecule has 16 heavy (non-hydrogen) atoms. The molecule has 0 spiro atoms. The molecule has 1 saturated heterocycles. The van der Waals surface area contributed by atoms with Gasteiger partial charge in [-0.05, 0) is 6.92 Å². The minimum absolute atomic E-state index is 0.281. The Morgan fingerprint density at radius 3 is 2.69 bits per heavy atom. The predicted octanol–water partition coefficient (Wildman–Crippen LogP) is 0.770. The predicted molar refractivity (Wildman–Crippen MR) is 65.4 cm³/mol. The lowest BCUT2D eigenvalue weighted by atomic mass is 10.4. The summed E-state index contributed by atoms with van der Waals surface area (Å²) in [5, 5.41) is 2.90. The zero-order valence-electron chi connectivity index (χ0n) is 9.22. The summed E-state index contributed by atoms with van der Waals surface area (Å²) in [5.41, 5.74) is 0. The minimum atomic E-state index is -0.526. The van der Waals surface area contributed by atoms with Crippen LogP contribution in [0.1, 0.15) is 6.92 Å². The van der Waals surface area contributed by atoms with E-state index < -0.39 is 5.97 Å². The van der Waals surface area contributed by atoms with Crippen molar-refractivity contribution in [3.8, 4) is 0 Å². The van der Waals surface area contributed by atoms with Gasteiger partial charge in [-0.1, -0.05) is 24.0 Å². The van der Waals surface area contributed by atoms with E-state index >= 15 is 0 Å². The second kappa shape index (κ2) is 5.42. The van der Waals surface area contributed by atoms with Crippen molar-refractivity contribution in [2.24, 2.45) is 0 Å². The van der Waals surface area contributed by atoms with Crippen LogP contribution in [0.25, 0.3) is 0 Å². The highest BCUT2D eigenvalue weighted by molar-refractivity contribution is 8.26. The first-order valence-electron chi connectivity index (χ1n) is 4.59. The van der Waals surface area contributed by atoms with Gasteiger partial charge >= 0.3 is 5.97 Å². The molecule has 0 N–H and O–H groups in total. The SMILES string of the molecule is CCOC(=O)/C=C1/SC(=S)N(N(C)C)C1=O. The van der Waals surface area contributed by atoms with E-state index in [2.05, 4.69) is 0 Å². The van der Waals surface area contributed by atoms with E-state index in [9.17, 15) is 9.59 Å². The van der Waals surface area contributed by atoms with E-state index in [1.54, 1.807) is 26.0 Å². The summed E-state index contributed by atoms with van der Waals surface area (Å²) >= 11 is 6.11. The smallest absolute Gasteiger partial charge is 0.332 e. The van der Waals surface area contributed by atoms with Crippen LogP contribution in [-0.4, -0.2) is 46.9 Å². The third-order valence-corrected chi connectivity index (χ3v) is 2.99. The van der Waals surface area contributed by atoms with Gasteiger partial charge in [0, 0.05) is 20.2 Å². The molecule has 0 bridgehead atoms. The zero-order valence-corrected chi connectivity index (χ0v) is 10.9. The number of rotatable bonds is 3. The first-order valence-corrected chi connectivity index (χ1v) is 5.81. The number of ether oxygens (including phenoxy) is 1. The third kappa shape index (κ3) is 2.81. The van der Waals surface area contributed by atoms with E-state index in [-0.39, 0.29) is 17.4 Å². The summed E-state index contributed by atoms with van der Waals surface area (Å²) in [6.07, 6.45) is 1.17. The molecule has 0 aliphatic carbocycles. The van der Waals surface area contributed by atoms with Crippen molar-refractivity contribution in [1.29, 1.82) is 0 Å². The summed E-state index contributed by atoms with van der Waals surface area (Å²) in [6.45, 7) is 1.99. The van der Waals surface area contributed by atoms with Crippen LogP contribution in [0.15, 0.2) is 11.0 Å². The van der Waals surface area contributed by atoms with Crippen LogP contribution in [0.2, 0.25) is 0 Å². The summed E-state index contributed by atoms with van der Waals surface area (Å²) in [7, 11) is 3.41. The number of hydrazine groups is 1. The van der Waals surface area contributed by atoms with Gasteiger partial charge in [-0.25, -0.2) is 14.8 Å². The summed E-state index contributed by atoms with van der Waals surface area (Å²) in [5.74, 6) is -0.824. The maximum Gasteiger partial charge on any atom is 0.332 e. The summed E-state index contributed by atoms with van der Waals surface area (Å²) < 4.78 is 5.13. The first-order chi connectivity index (χ1) is 7.47. The molecule has 1 heterocycles. The number of carbonyl (C=O) groups excluding carboxylic acids is 2. The van der Waals surface area contributed by atoms with Crippen LogP contribution in [0.5, 0.6) is 0 Å². The van der Waals surface area contributed by atoms with Gasteiger partial charge in [-0.3, -0.25) is 4.79 Å². The fourth-order valence-corrected chi connectivity index (χ4v) is 2.46. The first kappa shape index (κ1) is 13.1. The number of amides is 1. The Bertz CT molecular complexity index is 366. The molecular formula is C9H12N2O3S2. The standard InChI is InChI=1S/C9H12N2O3S2/c1-4-14-7(12)5-6-8(13)11(10(2)3)9(15)16-6/h5H,4H2,1-3H3/b6-5+. The molecule has 0 aromatic carbocycles. The lowest BCUT2D eigenvalue weighted by molar-refractivity contribution is -0.138. The van der Waals surface area contributed by atoms with E-state index in [1.807, 2.05) is 0 Å². The van der Waals surface area contributed by atoms with Gasteiger partial charge in [0.05, 0.1) is 11.5 Å². The Hall–Kier alpha value is -0.920. The van der Waals surface area contributed by atoms with Crippen LogP contribution in [0.3, 0.4) is 0 Å². The van der Waals surface area contributed by atoms with Crippen molar-refractivity contribution in [2.75, 3.05) is 20.7 Å². The molecule has 1 fully saturated rings. The summed E-state index contributed by atoms with van der Waals surface area (Å²) in [4.78, 5) is 23.3. The number of esters is 1. The number of carbonyl (C=O) groups is 2. The lowest BCUT2D eigenvalue weighted by Gasteiger charge is -2.21. The number of hydrogen-bond acceptors (Lipinski definition) is 6. The fourth-order valence-electron chi connectivity index (χ4n) is 1.10. The second-order valence-corrected chi connectivity index (χ2v) is 4.77. The largest absolute Gasteiger partial charge is 0.463 e. The van der Waals surface area contributed by atoms with Gasteiger partial charge < -0.3 is 4.74 Å². The van der Waals surface area contributed by atoms with Gasteiger partial charge in [0.2, 0.25) is 0 Å². The zero-order chi connectivity index (χ0) is 12.3. The average molecular weight is 260 g/mol. The van der Waals surface area contributed by atoms with Crippen LogP contribution >= 0.6 is 24.0 Å². The number of thiocarbonyl (C=S) groups is 1. The van der Waals surface area contributed by atoms with Crippen LogP contribution in [0, 0.1) is 0 Å². The molecule has 1 rings (SSSR count). The molecule has 1 aliphatic heterocycles. The molecular weight excluding hydrogens is 248 g/mol. The number of thioether (sulfide) groups is 1. The molecule has 88 valence electrons. The lowest BCUT2D eigenvalue weighted by Crippen LogP contribution is -2.40. The normalized spacial score (nSPS) is 18.8. The maximum atomic E-state index is 11.8. The monoisotopic (exact) mass is 260 g/mol. The molecule has 5 nitrogen and oxygen atoms in total. The van der Waals surface area contributed by atoms with Crippen molar-refractivity contribution < 1.29 is 14.3 Å². The molecule has 7 heteroatoms. The summed E-state index contributed by atoms with van der Waals surface area (Å²) in [6, 6.07) is 0. The van der Waals surface area contributed by atoms with Crippen LogP contribution < -0.4 is 0 Å². The molecule has 1 amide bonds. The number of nitrogens with zero attached hydrogens (tertiary/aromatic N) is 2. The second-order valence-electron chi connectivity index (χ2n) is 3.09. The fraction of sp³-hybridized carbons (Fsp3) is 0.444. The molecule has 1 aliphatic rings. The van der Waals surface area contributed by atoms with E-state index in [0.717, 1.165) is 11.8 Å². The van der Waals surface area contributed by atoms with Crippen molar-refractivity contribution in [2.45, 2.75) is 6.92 Å². The van der Waals surface area contributed by atoms with Crippen molar-refractivity contribution in [3.05, 3.63) is 11.0 Å². The highest BCUT2D eigenvalue weighted by Crippen LogP contribution is 2.31. The average Bonchev–Trinajstić information content (AvgIpc) is 2.42. The molecule has 0 unspecified atom stereocenters. The third-order valence-electron chi connectivity index (χ3n) is 1.71. The van der Waals surface area contributed by atoms with Crippen molar-refractivity contribution in [1.82, 2.24) is 10.0 Å². The quantitative estimate of drug-likeness (QED) is 0.424. The van der Waals surface area contributed by atoms with Gasteiger partial charge in [0.1, 0.15) is 0 Å².